The van der Waals surface area contributed by atoms with Crippen LogP contribution >= 0.6 is 34.7 Å². The van der Waals surface area contributed by atoms with Crippen LogP contribution in [0.15, 0.2) is 60.0 Å². The lowest BCUT2D eigenvalue weighted by atomic mass is 10.2. The molecule has 0 unspecified atom stereocenters. The Morgan fingerprint density at radius 2 is 2.17 bits per heavy atom. The highest BCUT2D eigenvalue weighted by molar-refractivity contribution is 7.98. The minimum absolute atomic E-state index is 0.0423. The summed E-state index contributed by atoms with van der Waals surface area (Å²) in [5.74, 6) is -0.0423. The van der Waals surface area contributed by atoms with Crippen LogP contribution in [-0.4, -0.2) is 33.2 Å². The third-order valence-corrected chi connectivity index (χ3v) is 7.06. The fraction of sp³-hybridized carbons (Fsp3) is 0.227. The minimum atomic E-state index is -0.0423. The number of nitrogens with zero attached hydrogens (tertiary/aromatic N) is 4. The van der Waals surface area contributed by atoms with E-state index >= 15 is 0 Å². The Hall–Kier alpha value is -2.35. The number of imidazole rings is 1. The van der Waals surface area contributed by atoms with E-state index in [-0.39, 0.29) is 5.91 Å². The van der Waals surface area contributed by atoms with Gasteiger partial charge in [0.25, 0.3) is 5.91 Å². The van der Waals surface area contributed by atoms with Crippen molar-refractivity contribution < 1.29 is 4.79 Å². The molecule has 0 fully saturated rings. The molecule has 0 saturated carbocycles. The lowest BCUT2D eigenvalue weighted by molar-refractivity contribution is 0.0986. The number of benzene rings is 2. The fourth-order valence-corrected chi connectivity index (χ4v) is 4.89. The standard InChI is InChI=1S/C22H21ClN4OS2/c1-15-18(23)7-8-19-20(15)25-22(30-19)27(11-4-10-26-12-9-24-14-26)21(28)16-5-3-6-17(13-16)29-2/h3,5-9,12-14H,4,10-11H2,1-2H3. The van der Waals surface area contributed by atoms with E-state index in [2.05, 4.69) is 4.98 Å². The van der Waals surface area contributed by atoms with Crippen molar-refractivity contribution in [1.29, 1.82) is 0 Å². The second-order valence-electron chi connectivity index (χ2n) is 6.86. The third kappa shape index (κ3) is 4.38. The Balaban J connectivity index is 1.67. The fourth-order valence-electron chi connectivity index (χ4n) is 3.23. The van der Waals surface area contributed by atoms with Crippen LogP contribution in [0.3, 0.4) is 0 Å². The maximum absolute atomic E-state index is 13.5. The summed E-state index contributed by atoms with van der Waals surface area (Å²) in [7, 11) is 0. The second kappa shape index (κ2) is 9.20. The summed E-state index contributed by atoms with van der Waals surface area (Å²) in [6.45, 7) is 3.30. The molecule has 2 aromatic carbocycles. The molecule has 0 spiro atoms. The van der Waals surface area contributed by atoms with Crippen LogP contribution in [0.2, 0.25) is 5.02 Å². The number of rotatable bonds is 7. The van der Waals surface area contributed by atoms with E-state index in [1.807, 2.05) is 60.3 Å². The molecule has 8 heteroatoms. The normalized spacial score (nSPS) is 11.2. The summed E-state index contributed by atoms with van der Waals surface area (Å²) in [6.07, 6.45) is 8.28. The Morgan fingerprint density at radius 1 is 1.30 bits per heavy atom. The first-order valence-corrected chi connectivity index (χ1v) is 12.0. The van der Waals surface area contributed by atoms with Crippen LogP contribution in [-0.2, 0) is 6.54 Å². The van der Waals surface area contributed by atoms with Crippen LogP contribution in [0.1, 0.15) is 22.3 Å². The number of hydrogen-bond acceptors (Lipinski definition) is 5. The lowest BCUT2D eigenvalue weighted by Crippen LogP contribution is -2.32. The van der Waals surface area contributed by atoms with E-state index in [9.17, 15) is 4.79 Å². The van der Waals surface area contributed by atoms with Crippen molar-refractivity contribution in [2.24, 2.45) is 0 Å². The average Bonchev–Trinajstić information content (AvgIpc) is 3.44. The predicted octanol–water partition coefficient (Wildman–Crippen LogP) is 5.91. The summed E-state index contributed by atoms with van der Waals surface area (Å²) < 4.78 is 3.04. The van der Waals surface area contributed by atoms with Gasteiger partial charge in [-0.1, -0.05) is 29.0 Å². The van der Waals surface area contributed by atoms with E-state index < -0.39 is 0 Å². The van der Waals surface area contributed by atoms with Crippen LogP contribution in [0, 0.1) is 6.92 Å². The van der Waals surface area contributed by atoms with Gasteiger partial charge in [-0.05, 0) is 55.5 Å². The SMILES string of the molecule is CSc1cccc(C(=O)N(CCCn2ccnc2)c2nc3c(C)c(Cl)ccc3s2)c1. The second-order valence-corrected chi connectivity index (χ2v) is 9.15. The molecule has 5 nitrogen and oxygen atoms in total. The topological polar surface area (TPSA) is 51.0 Å². The van der Waals surface area contributed by atoms with Crippen molar-refractivity contribution in [3.63, 3.8) is 0 Å². The zero-order chi connectivity index (χ0) is 21.1. The van der Waals surface area contributed by atoms with Crippen molar-refractivity contribution in [3.05, 3.63) is 71.3 Å². The number of aryl methyl sites for hydroxylation is 2. The van der Waals surface area contributed by atoms with E-state index in [1.54, 1.807) is 29.2 Å². The minimum Gasteiger partial charge on any atom is -0.337 e. The number of carbonyl (C=O) groups is 1. The molecule has 0 N–H and O–H groups in total. The molecule has 1 amide bonds. The number of thioether (sulfide) groups is 1. The van der Waals surface area contributed by atoms with Gasteiger partial charge >= 0.3 is 0 Å². The van der Waals surface area contributed by atoms with Crippen LogP contribution in [0.5, 0.6) is 0 Å². The summed E-state index contributed by atoms with van der Waals surface area (Å²) >= 11 is 9.42. The van der Waals surface area contributed by atoms with Crippen molar-refractivity contribution in [2.45, 2.75) is 24.8 Å². The van der Waals surface area contributed by atoms with E-state index in [0.29, 0.717) is 22.3 Å². The van der Waals surface area contributed by atoms with Crippen molar-refractivity contribution >= 4 is 56.0 Å². The van der Waals surface area contributed by atoms with Crippen LogP contribution < -0.4 is 4.90 Å². The first-order valence-electron chi connectivity index (χ1n) is 9.54. The first kappa shape index (κ1) is 20.9. The predicted molar refractivity (Wildman–Crippen MR) is 126 cm³/mol. The molecule has 0 aliphatic heterocycles. The van der Waals surface area contributed by atoms with E-state index in [4.69, 9.17) is 16.6 Å². The number of hydrogen-bond donors (Lipinski definition) is 0. The number of halogens is 1. The molecule has 0 aliphatic rings. The molecule has 30 heavy (non-hydrogen) atoms. The van der Waals surface area contributed by atoms with E-state index in [0.717, 1.165) is 33.6 Å². The molecular formula is C22H21ClN4OS2. The highest BCUT2D eigenvalue weighted by Crippen LogP contribution is 2.34. The molecule has 4 rings (SSSR count). The molecule has 154 valence electrons. The number of aromatic nitrogens is 3. The molecule has 0 radical (unpaired) electrons. The van der Waals surface area contributed by atoms with Crippen molar-refractivity contribution in [3.8, 4) is 0 Å². The molecule has 2 aromatic heterocycles. The van der Waals surface area contributed by atoms with Gasteiger partial charge < -0.3 is 4.57 Å². The quantitative estimate of drug-likeness (QED) is 0.324. The molecule has 0 bridgehead atoms. The van der Waals surface area contributed by atoms with E-state index in [1.165, 1.54) is 11.3 Å². The summed E-state index contributed by atoms with van der Waals surface area (Å²) in [4.78, 5) is 25.2. The first-order chi connectivity index (χ1) is 14.6. The zero-order valence-corrected chi connectivity index (χ0v) is 19.1. The molecule has 4 aromatic rings. The van der Waals surface area contributed by atoms with Gasteiger partial charge in [0.1, 0.15) is 0 Å². The summed E-state index contributed by atoms with van der Waals surface area (Å²) in [5.41, 5.74) is 2.46. The van der Waals surface area contributed by atoms with Crippen LogP contribution in [0.4, 0.5) is 5.13 Å². The van der Waals surface area contributed by atoms with Gasteiger partial charge in [0.15, 0.2) is 5.13 Å². The van der Waals surface area contributed by atoms with Gasteiger partial charge in [-0.3, -0.25) is 9.69 Å². The molecular weight excluding hydrogens is 436 g/mol. The van der Waals surface area contributed by atoms with Gasteiger partial charge in [0, 0.05) is 41.0 Å². The van der Waals surface area contributed by atoms with Crippen LogP contribution in [0.25, 0.3) is 10.2 Å². The Kier molecular flexibility index (Phi) is 6.41. The smallest absolute Gasteiger partial charge is 0.260 e. The van der Waals surface area contributed by atoms with Gasteiger partial charge in [0.2, 0.25) is 0 Å². The summed E-state index contributed by atoms with van der Waals surface area (Å²) in [6, 6.07) is 11.6. The highest BCUT2D eigenvalue weighted by atomic mass is 35.5. The monoisotopic (exact) mass is 456 g/mol. The highest BCUT2D eigenvalue weighted by Gasteiger charge is 2.22. The van der Waals surface area contributed by atoms with Gasteiger partial charge in [-0.25, -0.2) is 9.97 Å². The molecule has 0 atom stereocenters. The zero-order valence-electron chi connectivity index (χ0n) is 16.7. The average molecular weight is 457 g/mol. The van der Waals surface area contributed by atoms with Crippen molar-refractivity contribution in [2.75, 3.05) is 17.7 Å². The van der Waals surface area contributed by atoms with Gasteiger partial charge in [0.05, 0.1) is 16.5 Å². The summed E-state index contributed by atoms with van der Waals surface area (Å²) in [5, 5.41) is 1.38. The van der Waals surface area contributed by atoms with Crippen molar-refractivity contribution in [1.82, 2.24) is 14.5 Å². The number of carbonyl (C=O) groups excluding carboxylic acids is 1. The number of anilines is 1. The van der Waals surface area contributed by atoms with Gasteiger partial charge in [-0.15, -0.1) is 11.8 Å². The number of thiazole rings is 1. The molecule has 0 aliphatic carbocycles. The third-order valence-electron chi connectivity index (χ3n) is 4.89. The Bertz CT molecular complexity index is 1170. The maximum Gasteiger partial charge on any atom is 0.260 e. The maximum atomic E-state index is 13.5. The molecule has 0 saturated heterocycles. The Morgan fingerprint density at radius 3 is 2.93 bits per heavy atom. The Labute approximate surface area is 188 Å². The number of amides is 1. The lowest BCUT2D eigenvalue weighted by Gasteiger charge is -2.20. The van der Waals surface area contributed by atoms with Gasteiger partial charge in [-0.2, -0.15) is 0 Å². The molecule has 2 heterocycles. The largest absolute Gasteiger partial charge is 0.337 e. The number of fused-ring (bicyclic) bond motifs is 1.